The van der Waals surface area contributed by atoms with Crippen molar-refractivity contribution < 1.29 is 27.4 Å². The molecule has 0 aliphatic rings. The summed E-state index contributed by atoms with van der Waals surface area (Å²) < 4.78 is 43.3. The van der Waals surface area contributed by atoms with E-state index in [9.17, 15) is 14.0 Å². The number of carbonyl (C=O) groups excluding carboxylic acids is 2. The van der Waals surface area contributed by atoms with Crippen molar-refractivity contribution >= 4 is 34.8 Å². The van der Waals surface area contributed by atoms with Gasteiger partial charge in [0, 0.05) is 56.7 Å². The quantitative estimate of drug-likeness (QED) is 0.0959. The summed E-state index contributed by atoms with van der Waals surface area (Å²) in [6.07, 6.45) is 9.60. The number of ketones is 2. The second-order valence-electron chi connectivity index (χ2n) is 18.8. The summed E-state index contributed by atoms with van der Waals surface area (Å²) in [7, 11) is 3.60. The highest BCUT2D eigenvalue weighted by Crippen LogP contribution is 2.32. The number of halogens is 2. The van der Waals surface area contributed by atoms with E-state index >= 15 is 4.39 Å². The summed E-state index contributed by atoms with van der Waals surface area (Å²) in [5.74, 6) is 0.562. The molecule has 0 saturated carbocycles. The Kier molecular flexibility index (Phi) is 20.8. The van der Waals surface area contributed by atoms with Gasteiger partial charge in [0.2, 0.25) is 23.5 Å². The molecule has 8 rings (SSSR count). The highest BCUT2D eigenvalue weighted by molar-refractivity contribution is 5.92. The van der Waals surface area contributed by atoms with Gasteiger partial charge in [0.1, 0.15) is 24.3 Å². The molecule has 0 bridgehead atoms. The van der Waals surface area contributed by atoms with Crippen molar-refractivity contribution in [1.82, 2.24) is 69.7 Å². The van der Waals surface area contributed by atoms with Gasteiger partial charge >= 0.3 is 0 Å². The van der Waals surface area contributed by atoms with Crippen LogP contribution in [0.1, 0.15) is 164 Å². The number of nitrogens with two attached hydrogens (primary N) is 1. The number of hydrogen-bond acceptors (Lipinski definition) is 19. The average Bonchev–Trinajstić information content (AvgIpc) is 4.22. The number of aromatic nitrogens is 14. The van der Waals surface area contributed by atoms with Gasteiger partial charge in [0.05, 0.1) is 34.9 Å². The van der Waals surface area contributed by atoms with Gasteiger partial charge in [0.15, 0.2) is 23.3 Å². The van der Waals surface area contributed by atoms with Crippen molar-refractivity contribution in [1.29, 1.82) is 0 Å². The molecule has 0 fully saturated rings. The van der Waals surface area contributed by atoms with Crippen molar-refractivity contribution in [3.63, 3.8) is 0 Å². The van der Waals surface area contributed by atoms with Crippen molar-refractivity contribution in [2.75, 3.05) is 10.6 Å². The first kappa shape index (κ1) is 59.5. The summed E-state index contributed by atoms with van der Waals surface area (Å²) in [6, 6.07) is 6.61. The highest BCUT2D eigenvalue weighted by atomic mass is 19.1. The molecule has 0 unspecified atom stereocenters. The van der Waals surface area contributed by atoms with Crippen molar-refractivity contribution in [3.05, 3.63) is 119 Å². The number of rotatable bonds is 12. The first-order valence-corrected chi connectivity index (χ1v) is 24.4. The molecule has 0 aliphatic heterocycles. The maximum atomic E-state index is 15.4. The van der Waals surface area contributed by atoms with E-state index in [0.717, 1.165) is 11.3 Å². The summed E-state index contributed by atoms with van der Waals surface area (Å²) in [5, 5.41) is 21.8. The minimum Gasteiger partial charge on any atom is -0.331 e. The van der Waals surface area contributed by atoms with Crippen LogP contribution >= 0.6 is 0 Å². The summed E-state index contributed by atoms with van der Waals surface area (Å²) in [6.45, 7) is 28.2. The molecule has 4 N–H and O–H groups in total. The molecule has 0 aliphatic carbocycles. The smallest absolute Gasteiger partial charge is 0.294 e. The van der Waals surface area contributed by atoms with E-state index in [1.807, 2.05) is 90.1 Å². The number of nitrogens with one attached hydrogen (secondary N) is 2. The lowest BCUT2D eigenvalue weighted by Crippen LogP contribution is -2.14. The summed E-state index contributed by atoms with van der Waals surface area (Å²) >= 11 is 0. The van der Waals surface area contributed by atoms with Crippen LogP contribution in [0.15, 0.2) is 70.8 Å². The zero-order valence-corrected chi connectivity index (χ0v) is 45.9. The first-order chi connectivity index (χ1) is 35.4. The maximum absolute atomic E-state index is 15.4. The zero-order valence-electron chi connectivity index (χ0n) is 45.9. The van der Waals surface area contributed by atoms with E-state index in [2.05, 4.69) is 71.0 Å². The van der Waals surface area contributed by atoms with E-state index in [0.29, 0.717) is 45.5 Å². The predicted octanol–water partition coefficient (Wildman–Crippen LogP) is 10.6. The number of aryl methyl sites for hydroxylation is 2. The Bertz CT molecular complexity index is 3150. The highest BCUT2D eigenvalue weighted by Gasteiger charge is 2.27. The van der Waals surface area contributed by atoms with Crippen LogP contribution in [0.5, 0.6) is 0 Å². The lowest BCUT2D eigenvalue weighted by Gasteiger charge is -2.16. The molecule has 2 atom stereocenters. The van der Waals surface area contributed by atoms with Crippen molar-refractivity contribution in [3.8, 4) is 22.8 Å². The monoisotopic (exact) mass is 1030 g/mol. The fourth-order valence-corrected chi connectivity index (χ4v) is 6.76. The standard InChI is InChI=1S/C24H27FN8O2.C16H18FN7.C8H12N2O2.2C2H6/c1-13(9-18(34)21-31-22(32-35-21)24(3,4)5)16-7-8-17(19(25)14(16)2)20-26-12-27-23(30-20)29-15-10-28-33(6)11-15;1-9-12(10(2)18)4-5-13(14(9)17)15-19-8-20-16(23-15)22-11-6-21-24(3)7-11;1-5(11)6-9-7(10-12-6)8(2,3)4;2*1-2/h7-8,10-13H,9H2,1-6H3,(H,26,27,29,30);4-8,10H,18H2,1-3H3,(H,19,20,22,23);1-4H3;2*1-2H3/t13-;10-;;;/m01.../s1. The summed E-state index contributed by atoms with van der Waals surface area (Å²) in [5.41, 5.74) is 9.75. The zero-order chi connectivity index (χ0) is 55.9. The van der Waals surface area contributed by atoms with Gasteiger partial charge in [-0.3, -0.25) is 19.0 Å². The molecular formula is C52H69F2N17O4. The second kappa shape index (κ2) is 26.2. The molecule has 75 heavy (non-hydrogen) atoms. The second-order valence-corrected chi connectivity index (χ2v) is 18.8. The normalized spacial score (nSPS) is 11.8. The minimum atomic E-state index is -0.451. The van der Waals surface area contributed by atoms with Gasteiger partial charge in [-0.1, -0.05) is 98.6 Å². The Morgan fingerprint density at radius 2 is 1.07 bits per heavy atom. The van der Waals surface area contributed by atoms with Crippen LogP contribution in [0.3, 0.4) is 0 Å². The van der Waals surface area contributed by atoms with Crippen molar-refractivity contribution in [2.24, 2.45) is 19.8 Å². The number of nitrogens with zero attached hydrogens (tertiary/aromatic N) is 14. The number of hydrogen-bond donors (Lipinski definition) is 3. The van der Waals surface area contributed by atoms with Crippen molar-refractivity contribution in [2.45, 2.75) is 133 Å². The maximum Gasteiger partial charge on any atom is 0.294 e. The van der Waals surface area contributed by atoms with Gasteiger partial charge in [-0.2, -0.15) is 30.1 Å². The molecule has 21 nitrogen and oxygen atoms in total. The molecule has 0 saturated heterocycles. The fourth-order valence-electron chi connectivity index (χ4n) is 6.76. The molecular weight excluding hydrogens is 965 g/mol. The lowest BCUT2D eigenvalue weighted by molar-refractivity contribution is 0.0931. The molecule has 6 aromatic heterocycles. The third-order valence-electron chi connectivity index (χ3n) is 10.7. The summed E-state index contributed by atoms with van der Waals surface area (Å²) in [4.78, 5) is 56.7. The van der Waals surface area contributed by atoms with E-state index in [1.165, 1.54) is 19.6 Å². The number of anilines is 4. The number of benzene rings is 2. The minimum absolute atomic E-state index is 0.0321. The Morgan fingerprint density at radius 3 is 1.44 bits per heavy atom. The largest absolute Gasteiger partial charge is 0.331 e. The topological polar surface area (TPSA) is 275 Å². The predicted molar refractivity (Wildman–Crippen MR) is 282 cm³/mol. The van der Waals surface area contributed by atoms with Crippen LogP contribution < -0.4 is 16.4 Å². The van der Waals surface area contributed by atoms with Crippen LogP contribution in [0, 0.1) is 25.5 Å². The molecule has 400 valence electrons. The number of carbonyl (C=O) groups is 2. The Balaban J connectivity index is 0.000000262. The number of Topliss-reactive ketones (excluding diaryl/α,β-unsaturated/α-hetero) is 2. The first-order valence-electron chi connectivity index (χ1n) is 24.4. The molecule has 0 amide bonds. The molecule has 0 spiro atoms. The third-order valence-corrected chi connectivity index (χ3v) is 10.7. The third kappa shape index (κ3) is 16.0. The van der Waals surface area contributed by atoms with Crippen LogP contribution in [-0.4, -0.2) is 81.3 Å². The lowest BCUT2D eigenvalue weighted by atomic mass is 9.90. The van der Waals surface area contributed by atoms with E-state index in [1.54, 1.807) is 79.3 Å². The van der Waals surface area contributed by atoms with E-state index < -0.39 is 5.82 Å². The Labute approximate surface area is 436 Å². The Morgan fingerprint density at radius 1 is 0.653 bits per heavy atom. The molecule has 2 aromatic carbocycles. The van der Waals surface area contributed by atoms with Gasteiger partial charge in [-0.05, 0) is 61.1 Å². The van der Waals surface area contributed by atoms with E-state index in [-0.39, 0.29) is 81.5 Å². The van der Waals surface area contributed by atoms with E-state index in [4.69, 9.17) is 14.8 Å². The van der Waals surface area contributed by atoms with Gasteiger partial charge in [-0.15, -0.1) is 0 Å². The molecule has 23 heteroatoms. The van der Waals surface area contributed by atoms with Gasteiger partial charge < -0.3 is 25.4 Å². The van der Waals surface area contributed by atoms with Crippen LogP contribution in [-0.2, 0) is 24.9 Å². The van der Waals surface area contributed by atoms with Gasteiger partial charge in [0.25, 0.3) is 11.8 Å². The Hall–Kier alpha value is -8.08. The SMILES string of the molecule is CC.CC.CC(=O)c1nc(C(C)(C)C)no1.Cc1c([C@@H](C)CC(=O)c2nc(C(C)(C)C)no2)ccc(-c2ncnc(Nc3cnn(C)c3)n2)c1F.Cc1c([C@@H](C)N)ccc(-c2ncnc(Nc3cnn(C)c3)n2)c1F. The van der Waals surface area contributed by atoms with Gasteiger partial charge in [-0.25, -0.2) is 28.7 Å². The molecule has 8 aromatic rings. The van der Waals surface area contributed by atoms with Crippen LogP contribution in [0.2, 0.25) is 0 Å². The fraction of sp³-hybridized carbons (Fsp3) is 0.423. The molecule has 6 heterocycles. The average molecular weight is 1030 g/mol. The van der Waals surface area contributed by atoms with Crippen LogP contribution in [0.25, 0.3) is 22.8 Å². The van der Waals surface area contributed by atoms with Crippen LogP contribution in [0.4, 0.5) is 32.1 Å². The molecule has 0 radical (unpaired) electrons.